The van der Waals surface area contributed by atoms with Gasteiger partial charge in [-0.25, -0.2) is 14.6 Å². The molecule has 0 unspecified atom stereocenters. The van der Waals surface area contributed by atoms with Crippen molar-refractivity contribution in [2.24, 2.45) is 0 Å². The van der Waals surface area contributed by atoms with E-state index >= 15 is 0 Å². The number of anilines is 1. The molecule has 4 aromatic rings. The number of ether oxygens (including phenoxy) is 2. The first-order valence-corrected chi connectivity index (χ1v) is 10.8. The van der Waals surface area contributed by atoms with Gasteiger partial charge in [0.2, 0.25) is 0 Å². The van der Waals surface area contributed by atoms with E-state index in [1.54, 1.807) is 20.4 Å². The lowest BCUT2D eigenvalue weighted by atomic mass is 10.1. The number of nitrogens with one attached hydrogen (secondary N) is 1. The molecule has 2 heterocycles. The van der Waals surface area contributed by atoms with Crippen LogP contribution >= 0.6 is 0 Å². The lowest BCUT2D eigenvalue weighted by Gasteiger charge is -2.11. The maximum absolute atomic E-state index is 12.8. The zero-order valence-corrected chi connectivity index (χ0v) is 19.0. The van der Waals surface area contributed by atoms with Crippen LogP contribution in [0.2, 0.25) is 0 Å². The Hall–Kier alpha value is -3.94. The third-order valence-electron chi connectivity index (χ3n) is 5.36. The molecular weight excluding hydrogens is 418 g/mol. The number of aromatic nitrogens is 4. The fourth-order valence-electron chi connectivity index (χ4n) is 3.74. The second-order valence-electron chi connectivity index (χ2n) is 7.71. The molecule has 8 nitrogen and oxygen atoms in total. The van der Waals surface area contributed by atoms with Crippen molar-refractivity contribution in [3.8, 4) is 11.5 Å². The summed E-state index contributed by atoms with van der Waals surface area (Å²) in [4.78, 5) is 21.7. The van der Waals surface area contributed by atoms with Crippen LogP contribution in [0, 0.1) is 6.92 Å². The Bertz CT molecular complexity index is 1320. The molecular formula is C25H27N5O3. The third kappa shape index (κ3) is 5.28. The lowest BCUT2D eigenvalue weighted by molar-refractivity contribution is 0.354. The second-order valence-corrected chi connectivity index (χ2v) is 7.71. The molecule has 0 amide bonds. The van der Waals surface area contributed by atoms with E-state index in [1.807, 2.05) is 55.5 Å². The number of aryl methyl sites for hydroxylation is 2. The predicted molar refractivity (Wildman–Crippen MR) is 128 cm³/mol. The van der Waals surface area contributed by atoms with Crippen molar-refractivity contribution in [1.82, 2.24) is 19.7 Å². The second kappa shape index (κ2) is 10.1. The topological polar surface area (TPSA) is 91.2 Å². The maximum Gasteiger partial charge on any atom is 0.274 e. The number of hydrogen-bond donors (Lipinski definition) is 1. The predicted octanol–water partition coefficient (Wildman–Crippen LogP) is 3.61. The molecule has 2 aromatic carbocycles. The number of rotatable bonds is 9. The number of hydrogen-bond acceptors (Lipinski definition) is 7. The van der Waals surface area contributed by atoms with Crippen molar-refractivity contribution in [3.63, 3.8) is 0 Å². The van der Waals surface area contributed by atoms with Crippen LogP contribution in [0.15, 0.2) is 59.5 Å². The smallest absolute Gasteiger partial charge is 0.274 e. The van der Waals surface area contributed by atoms with E-state index in [2.05, 4.69) is 20.4 Å². The first-order valence-electron chi connectivity index (χ1n) is 10.8. The minimum absolute atomic E-state index is 0.131. The Morgan fingerprint density at radius 2 is 1.82 bits per heavy atom. The van der Waals surface area contributed by atoms with Crippen molar-refractivity contribution in [3.05, 3.63) is 82.2 Å². The molecule has 8 heteroatoms. The van der Waals surface area contributed by atoms with Crippen LogP contribution in [0.3, 0.4) is 0 Å². The number of nitrogens with zero attached hydrogens (tertiary/aromatic N) is 4. The summed E-state index contributed by atoms with van der Waals surface area (Å²) in [6, 6.07) is 15.3. The van der Waals surface area contributed by atoms with Gasteiger partial charge in [-0.1, -0.05) is 24.3 Å². The van der Waals surface area contributed by atoms with E-state index in [4.69, 9.17) is 9.47 Å². The van der Waals surface area contributed by atoms with Crippen LogP contribution in [0.1, 0.15) is 23.5 Å². The fourth-order valence-corrected chi connectivity index (χ4v) is 3.74. The molecule has 33 heavy (non-hydrogen) atoms. The highest BCUT2D eigenvalue weighted by atomic mass is 16.5. The van der Waals surface area contributed by atoms with Gasteiger partial charge < -0.3 is 14.8 Å². The quantitative estimate of drug-likeness (QED) is 0.394. The van der Waals surface area contributed by atoms with Gasteiger partial charge in [0.1, 0.15) is 11.6 Å². The van der Waals surface area contributed by atoms with Gasteiger partial charge >= 0.3 is 0 Å². The lowest BCUT2D eigenvalue weighted by Crippen LogP contribution is -2.24. The highest BCUT2D eigenvalue weighted by molar-refractivity contribution is 5.80. The Morgan fingerprint density at radius 1 is 1.00 bits per heavy atom. The Kier molecular flexibility index (Phi) is 6.83. The van der Waals surface area contributed by atoms with Crippen LogP contribution in [0.5, 0.6) is 11.5 Å². The molecule has 0 radical (unpaired) electrons. The van der Waals surface area contributed by atoms with E-state index in [-0.39, 0.29) is 12.1 Å². The van der Waals surface area contributed by atoms with E-state index < -0.39 is 0 Å². The van der Waals surface area contributed by atoms with Crippen molar-refractivity contribution in [2.75, 3.05) is 26.1 Å². The molecule has 0 aliphatic carbocycles. The summed E-state index contributed by atoms with van der Waals surface area (Å²) < 4.78 is 12.1. The summed E-state index contributed by atoms with van der Waals surface area (Å²) in [6.07, 6.45) is 3.51. The van der Waals surface area contributed by atoms with Gasteiger partial charge in [-0.2, -0.15) is 5.10 Å². The number of fused-ring (bicyclic) bond motifs is 1. The highest BCUT2D eigenvalue weighted by Gasteiger charge is 2.08. The molecule has 0 spiro atoms. The molecule has 0 fully saturated rings. The van der Waals surface area contributed by atoms with E-state index in [0.29, 0.717) is 11.2 Å². The molecule has 0 aliphatic rings. The zero-order chi connectivity index (χ0) is 23.2. The Balaban J connectivity index is 1.40. The average Bonchev–Trinajstić information content (AvgIpc) is 2.83. The first-order chi connectivity index (χ1) is 16.1. The monoisotopic (exact) mass is 445 g/mol. The summed E-state index contributed by atoms with van der Waals surface area (Å²) >= 11 is 0. The van der Waals surface area contributed by atoms with Crippen molar-refractivity contribution in [2.45, 2.75) is 26.3 Å². The van der Waals surface area contributed by atoms with Gasteiger partial charge in [0.05, 0.1) is 38.0 Å². The first kappa shape index (κ1) is 22.3. The van der Waals surface area contributed by atoms with Crippen LogP contribution in [-0.2, 0) is 13.0 Å². The van der Waals surface area contributed by atoms with Crippen LogP contribution in [-0.4, -0.2) is 40.5 Å². The summed E-state index contributed by atoms with van der Waals surface area (Å²) in [5.41, 5.74) is 1.78. The highest BCUT2D eigenvalue weighted by Crippen LogP contribution is 2.28. The van der Waals surface area contributed by atoms with Crippen LogP contribution in [0.4, 0.5) is 5.82 Å². The Morgan fingerprint density at radius 3 is 2.64 bits per heavy atom. The molecule has 0 bridgehead atoms. The molecule has 1 N–H and O–H groups in total. The molecule has 4 rings (SSSR count). The minimum atomic E-state index is -0.131. The van der Waals surface area contributed by atoms with Crippen molar-refractivity contribution < 1.29 is 9.47 Å². The van der Waals surface area contributed by atoms with Gasteiger partial charge in [0.15, 0.2) is 11.5 Å². The van der Waals surface area contributed by atoms with Gasteiger partial charge in [0, 0.05) is 18.0 Å². The van der Waals surface area contributed by atoms with E-state index in [1.165, 1.54) is 10.2 Å². The number of benzene rings is 2. The van der Waals surface area contributed by atoms with Crippen LogP contribution in [0.25, 0.3) is 10.8 Å². The molecule has 0 aliphatic heterocycles. The third-order valence-corrected chi connectivity index (χ3v) is 5.36. The SMILES string of the molecule is COc1ccc(CCCNc2cc(Cn3ncc4ccccc4c3=O)nc(C)n2)cc1OC. The molecule has 0 saturated carbocycles. The molecule has 2 aromatic heterocycles. The maximum atomic E-state index is 12.8. The van der Waals surface area contributed by atoms with Gasteiger partial charge in [-0.3, -0.25) is 4.79 Å². The van der Waals surface area contributed by atoms with Gasteiger partial charge in [-0.15, -0.1) is 0 Å². The van der Waals surface area contributed by atoms with Gasteiger partial charge in [-0.05, 0) is 43.5 Å². The molecule has 0 atom stereocenters. The van der Waals surface area contributed by atoms with E-state index in [9.17, 15) is 4.79 Å². The average molecular weight is 446 g/mol. The minimum Gasteiger partial charge on any atom is -0.493 e. The summed E-state index contributed by atoms with van der Waals surface area (Å²) in [5, 5.41) is 9.14. The van der Waals surface area contributed by atoms with Crippen LogP contribution < -0.4 is 20.3 Å². The standard InChI is InChI=1S/C25H27N5O3/c1-17-28-20(16-30-25(31)21-9-5-4-8-19(21)15-27-30)14-24(29-17)26-12-6-7-18-10-11-22(32-2)23(13-18)33-3/h4-5,8-11,13-15H,6-7,12,16H2,1-3H3,(H,26,28,29). The summed E-state index contributed by atoms with van der Waals surface area (Å²) in [5.74, 6) is 2.84. The normalized spacial score (nSPS) is 10.9. The largest absolute Gasteiger partial charge is 0.493 e. The van der Waals surface area contributed by atoms with E-state index in [0.717, 1.165) is 47.8 Å². The fraction of sp³-hybridized carbons (Fsp3) is 0.280. The zero-order valence-electron chi connectivity index (χ0n) is 19.0. The number of methoxy groups -OCH3 is 2. The summed E-state index contributed by atoms with van der Waals surface area (Å²) in [6.45, 7) is 2.88. The summed E-state index contributed by atoms with van der Waals surface area (Å²) in [7, 11) is 3.27. The van der Waals surface area contributed by atoms with Crippen molar-refractivity contribution >= 4 is 16.6 Å². The van der Waals surface area contributed by atoms with Crippen molar-refractivity contribution in [1.29, 1.82) is 0 Å². The molecule has 170 valence electrons. The molecule has 0 saturated heterocycles. The Labute approximate surface area is 192 Å². The van der Waals surface area contributed by atoms with Gasteiger partial charge in [0.25, 0.3) is 5.56 Å².